The van der Waals surface area contributed by atoms with Gasteiger partial charge in [-0.2, -0.15) is 18.2 Å². The number of pyridine rings is 2. The van der Waals surface area contributed by atoms with E-state index < -0.39 is 17.8 Å². The lowest BCUT2D eigenvalue weighted by atomic mass is 10.1. The molecule has 0 atom stereocenters. The van der Waals surface area contributed by atoms with Crippen LogP contribution in [-0.4, -0.2) is 55.5 Å². The normalized spacial score (nSPS) is 15.9. The molecule has 0 aliphatic carbocycles. The average Bonchev–Trinajstić information content (AvgIpc) is 2.88. The predicted octanol–water partition coefficient (Wildman–Crippen LogP) is 4.40. The SMILES string of the molecule is O=C(Oc1cccc(N2CCOCC2)n1)N1CCOc2ccc(-c3cccc(C(F)(F)F)c3)nc21. The van der Waals surface area contributed by atoms with Crippen molar-refractivity contribution in [1.82, 2.24) is 9.97 Å². The Hall–Kier alpha value is -3.86. The third kappa shape index (κ3) is 4.99. The molecular formula is C24H21F3N4O4. The maximum atomic E-state index is 13.2. The van der Waals surface area contributed by atoms with Crippen molar-refractivity contribution in [3.05, 3.63) is 60.2 Å². The minimum Gasteiger partial charge on any atom is -0.488 e. The summed E-state index contributed by atoms with van der Waals surface area (Å²) in [7, 11) is 0. The smallest absolute Gasteiger partial charge is 0.422 e. The number of morpholine rings is 1. The topological polar surface area (TPSA) is 77.0 Å². The summed E-state index contributed by atoms with van der Waals surface area (Å²) in [5.74, 6) is 1.30. The summed E-state index contributed by atoms with van der Waals surface area (Å²) < 4.78 is 55.9. The molecule has 0 unspecified atom stereocenters. The Morgan fingerprint density at radius 2 is 1.74 bits per heavy atom. The number of carbonyl (C=O) groups excluding carboxylic acids is 1. The van der Waals surface area contributed by atoms with Crippen LogP contribution in [-0.2, 0) is 10.9 Å². The van der Waals surface area contributed by atoms with Crippen LogP contribution in [0, 0.1) is 0 Å². The van der Waals surface area contributed by atoms with Crippen molar-refractivity contribution in [3.63, 3.8) is 0 Å². The largest absolute Gasteiger partial charge is 0.488 e. The molecule has 2 aliphatic heterocycles. The van der Waals surface area contributed by atoms with Crippen LogP contribution in [0.2, 0.25) is 0 Å². The number of hydrogen-bond acceptors (Lipinski definition) is 7. The number of fused-ring (bicyclic) bond motifs is 1. The Balaban J connectivity index is 1.39. The summed E-state index contributed by atoms with van der Waals surface area (Å²) in [5.41, 5.74) is -0.250. The number of nitrogens with zero attached hydrogens (tertiary/aromatic N) is 4. The van der Waals surface area contributed by atoms with Gasteiger partial charge in [0.15, 0.2) is 11.6 Å². The molecule has 11 heteroatoms. The number of aromatic nitrogens is 2. The van der Waals surface area contributed by atoms with Gasteiger partial charge in [0.1, 0.15) is 12.4 Å². The van der Waals surface area contributed by atoms with E-state index in [4.69, 9.17) is 14.2 Å². The highest BCUT2D eigenvalue weighted by Gasteiger charge is 2.31. The molecular weight excluding hydrogens is 465 g/mol. The fraction of sp³-hybridized carbons (Fsp3) is 0.292. The van der Waals surface area contributed by atoms with Crippen LogP contribution in [0.5, 0.6) is 11.6 Å². The number of carbonyl (C=O) groups is 1. The number of hydrogen-bond donors (Lipinski definition) is 0. The van der Waals surface area contributed by atoms with Crippen molar-refractivity contribution in [3.8, 4) is 22.9 Å². The number of alkyl halides is 3. The summed E-state index contributed by atoms with van der Waals surface area (Å²) in [4.78, 5) is 25.2. The van der Waals surface area contributed by atoms with Crippen LogP contribution in [0.25, 0.3) is 11.3 Å². The first-order chi connectivity index (χ1) is 16.9. The Labute approximate surface area is 198 Å². The van der Waals surface area contributed by atoms with Gasteiger partial charge in [-0.05, 0) is 30.3 Å². The molecule has 0 bridgehead atoms. The first-order valence-electron chi connectivity index (χ1n) is 11.0. The van der Waals surface area contributed by atoms with Crippen molar-refractivity contribution in [1.29, 1.82) is 0 Å². The van der Waals surface area contributed by atoms with E-state index in [1.165, 1.54) is 17.0 Å². The van der Waals surface area contributed by atoms with Crippen LogP contribution in [0.15, 0.2) is 54.6 Å². The minimum absolute atomic E-state index is 0.126. The average molecular weight is 486 g/mol. The van der Waals surface area contributed by atoms with Gasteiger partial charge in [-0.1, -0.05) is 18.2 Å². The summed E-state index contributed by atoms with van der Waals surface area (Å²) >= 11 is 0. The van der Waals surface area contributed by atoms with Gasteiger partial charge >= 0.3 is 12.3 Å². The molecule has 5 rings (SSSR count). The van der Waals surface area contributed by atoms with E-state index in [0.717, 1.165) is 12.1 Å². The molecule has 1 fully saturated rings. The lowest BCUT2D eigenvalue weighted by Crippen LogP contribution is -2.40. The number of benzene rings is 1. The molecule has 1 saturated heterocycles. The van der Waals surface area contributed by atoms with Gasteiger partial charge in [0.2, 0.25) is 5.88 Å². The van der Waals surface area contributed by atoms with Crippen LogP contribution in [0.3, 0.4) is 0 Å². The molecule has 2 aliphatic rings. The molecule has 1 aromatic carbocycles. The predicted molar refractivity (Wildman–Crippen MR) is 121 cm³/mol. The standard InChI is InChI=1S/C24H21F3N4O4/c25-24(26,27)17-4-1-3-16(15-17)18-7-8-19-22(28-18)31(11-14-34-19)23(32)35-21-6-2-5-20(29-21)30-9-12-33-13-10-30/h1-8,15H,9-14H2. The number of ether oxygens (including phenoxy) is 3. The summed E-state index contributed by atoms with van der Waals surface area (Å²) in [6.45, 7) is 2.93. The van der Waals surface area contributed by atoms with Gasteiger partial charge in [-0.15, -0.1) is 0 Å². The summed E-state index contributed by atoms with van der Waals surface area (Å²) in [6.07, 6.45) is -5.19. The molecule has 0 N–H and O–H groups in total. The lowest BCUT2D eigenvalue weighted by molar-refractivity contribution is -0.137. The molecule has 1 amide bonds. The maximum absolute atomic E-state index is 13.2. The quantitative estimate of drug-likeness (QED) is 0.543. The Bertz CT molecular complexity index is 1230. The fourth-order valence-electron chi connectivity index (χ4n) is 3.86. The molecule has 0 radical (unpaired) electrons. The van der Waals surface area contributed by atoms with Gasteiger partial charge in [0.05, 0.1) is 31.0 Å². The molecule has 3 aromatic rings. The first-order valence-corrected chi connectivity index (χ1v) is 11.0. The van der Waals surface area contributed by atoms with Gasteiger partial charge in [-0.25, -0.2) is 9.78 Å². The maximum Gasteiger partial charge on any atom is 0.422 e. The van der Waals surface area contributed by atoms with Gasteiger partial charge in [0, 0.05) is 24.7 Å². The van der Waals surface area contributed by atoms with Crippen molar-refractivity contribution in [2.45, 2.75) is 6.18 Å². The van der Waals surface area contributed by atoms with Crippen LogP contribution < -0.4 is 19.3 Å². The van der Waals surface area contributed by atoms with Crippen molar-refractivity contribution in [2.24, 2.45) is 0 Å². The molecule has 4 heterocycles. The Kier molecular flexibility index (Phi) is 6.16. The fourth-order valence-corrected chi connectivity index (χ4v) is 3.86. The van der Waals surface area contributed by atoms with E-state index in [0.29, 0.717) is 37.9 Å². The van der Waals surface area contributed by atoms with Crippen molar-refractivity contribution in [2.75, 3.05) is 49.3 Å². The molecule has 0 saturated carbocycles. The number of amides is 1. The van der Waals surface area contributed by atoms with Crippen LogP contribution in [0.4, 0.5) is 29.6 Å². The highest BCUT2D eigenvalue weighted by atomic mass is 19.4. The lowest BCUT2D eigenvalue weighted by Gasteiger charge is -2.29. The van der Waals surface area contributed by atoms with E-state index in [2.05, 4.69) is 9.97 Å². The minimum atomic E-state index is -4.48. The van der Waals surface area contributed by atoms with E-state index in [1.807, 2.05) is 11.0 Å². The van der Waals surface area contributed by atoms with E-state index >= 15 is 0 Å². The van der Waals surface area contributed by atoms with Gasteiger partial charge in [-0.3, -0.25) is 4.90 Å². The molecule has 2 aromatic heterocycles. The second-order valence-corrected chi connectivity index (χ2v) is 7.90. The van der Waals surface area contributed by atoms with Gasteiger partial charge < -0.3 is 19.1 Å². The monoisotopic (exact) mass is 486 g/mol. The van der Waals surface area contributed by atoms with E-state index in [1.54, 1.807) is 24.3 Å². The van der Waals surface area contributed by atoms with Crippen LogP contribution in [0.1, 0.15) is 5.56 Å². The second-order valence-electron chi connectivity index (χ2n) is 7.90. The third-order valence-corrected chi connectivity index (χ3v) is 5.61. The van der Waals surface area contributed by atoms with Crippen LogP contribution >= 0.6 is 0 Å². The second kappa shape index (κ2) is 9.41. The van der Waals surface area contributed by atoms with Crippen molar-refractivity contribution < 1.29 is 32.2 Å². The number of halogens is 3. The summed E-state index contributed by atoms with van der Waals surface area (Å²) in [6, 6.07) is 13.1. The number of anilines is 2. The highest BCUT2D eigenvalue weighted by molar-refractivity contribution is 5.90. The number of rotatable bonds is 3. The van der Waals surface area contributed by atoms with Gasteiger partial charge in [0.25, 0.3) is 0 Å². The molecule has 8 nitrogen and oxygen atoms in total. The Morgan fingerprint density at radius 1 is 0.943 bits per heavy atom. The molecule has 182 valence electrons. The zero-order valence-corrected chi connectivity index (χ0v) is 18.5. The van der Waals surface area contributed by atoms with Crippen molar-refractivity contribution >= 4 is 17.7 Å². The van der Waals surface area contributed by atoms with E-state index in [9.17, 15) is 18.0 Å². The highest BCUT2D eigenvalue weighted by Crippen LogP contribution is 2.35. The third-order valence-electron chi connectivity index (χ3n) is 5.61. The Morgan fingerprint density at radius 3 is 2.54 bits per heavy atom. The van der Waals surface area contributed by atoms with E-state index in [-0.39, 0.29) is 36.1 Å². The first kappa shape index (κ1) is 22.9. The molecule has 0 spiro atoms. The summed E-state index contributed by atoms with van der Waals surface area (Å²) in [5, 5.41) is 0. The molecule has 35 heavy (non-hydrogen) atoms. The zero-order valence-electron chi connectivity index (χ0n) is 18.5. The zero-order chi connectivity index (χ0) is 24.4.